The lowest BCUT2D eigenvalue weighted by molar-refractivity contribution is 0.320. The minimum absolute atomic E-state index is 0.586. The van der Waals surface area contributed by atoms with E-state index in [1.165, 1.54) is 31.2 Å². The molecule has 2 heterocycles. The second kappa shape index (κ2) is 5.52. The summed E-state index contributed by atoms with van der Waals surface area (Å²) in [6.45, 7) is 0. The summed E-state index contributed by atoms with van der Waals surface area (Å²) in [6.07, 6.45) is 5.03. The quantitative estimate of drug-likeness (QED) is 0.918. The zero-order chi connectivity index (χ0) is 14.1. The van der Waals surface area contributed by atoms with Crippen molar-refractivity contribution in [1.29, 1.82) is 0 Å². The molecule has 1 N–H and O–H groups in total. The molecule has 1 aromatic carbocycles. The van der Waals surface area contributed by atoms with Crippen LogP contribution in [0, 0.1) is 0 Å². The highest BCUT2D eigenvalue weighted by Gasteiger charge is 2.34. The first-order valence-corrected chi connectivity index (χ1v) is 7.31. The molecule has 110 valence electrons. The van der Waals surface area contributed by atoms with Gasteiger partial charge in [0.15, 0.2) is 11.5 Å². The van der Waals surface area contributed by atoms with Crippen LogP contribution >= 0.6 is 0 Å². The second-order valence-corrected chi connectivity index (χ2v) is 5.76. The number of ether oxygens (including phenoxy) is 3. The van der Waals surface area contributed by atoms with Gasteiger partial charge < -0.3 is 19.5 Å². The number of rotatable bonds is 4. The maximum absolute atomic E-state index is 5.46. The third-order valence-electron chi connectivity index (χ3n) is 4.63. The number of piperidine rings is 1. The van der Waals surface area contributed by atoms with E-state index in [0.717, 1.165) is 11.5 Å². The molecule has 2 aliphatic heterocycles. The van der Waals surface area contributed by atoms with E-state index < -0.39 is 0 Å². The highest BCUT2D eigenvalue weighted by Crippen LogP contribution is 2.44. The first-order valence-electron chi connectivity index (χ1n) is 7.31. The van der Waals surface area contributed by atoms with Gasteiger partial charge in [0.25, 0.3) is 0 Å². The van der Waals surface area contributed by atoms with Crippen molar-refractivity contribution in [3.05, 3.63) is 17.7 Å². The van der Waals surface area contributed by atoms with Gasteiger partial charge in [0.1, 0.15) is 0 Å². The number of hydrogen-bond acceptors (Lipinski definition) is 4. The van der Waals surface area contributed by atoms with Crippen LogP contribution in [-0.2, 0) is 0 Å². The van der Waals surface area contributed by atoms with Crippen LogP contribution in [0.1, 0.15) is 37.2 Å². The molecule has 2 atom stereocenters. The molecule has 2 unspecified atom stereocenters. The van der Waals surface area contributed by atoms with Crippen LogP contribution in [0.3, 0.4) is 0 Å². The fourth-order valence-corrected chi connectivity index (χ4v) is 3.67. The van der Waals surface area contributed by atoms with Gasteiger partial charge in [0.05, 0.1) is 21.3 Å². The Labute approximate surface area is 120 Å². The molecule has 4 nitrogen and oxygen atoms in total. The maximum atomic E-state index is 5.46. The highest BCUT2D eigenvalue weighted by atomic mass is 16.5. The number of methoxy groups -OCH3 is 3. The van der Waals surface area contributed by atoms with Gasteiger partial charge in [-0.05, 0) is 49.3 Å². The number of benzene rings is 1. The molecule has 0 radical (unpaired) electrons. The van der Waals surface area contributed by atoms with Crippen LogP contribution < -0.4 is 19.5 Å². The molecule has 2 saturated heterocycles. The molecule has 2 aliphatic rings. The minimum Gasteiger partial charge on any atom is -0.493 e. The van der Waals surface area contributed by atoms with E-state index in [-0.39, 0.29) is 0 Å². The first-order chi connectivity index (χ1) is 9.75. The molecule has 2 bridgehead atoms. The van der Waals surface area contributed by atoms with E-state index >= 15 is 0 Å². The van der Waals surface area contributed by atoms with E-state index in [1.54, 1.807) is 21.3 Å². The van der Waals surface area contributed by atoms with Crippen LogP contribution in [0.2, 0.25) is 0 Å². The van der Waals surface area contributed by atoms with E-state index in [9.17, 15) is 0 Å². The van der Waals surface area contributed by atoms with Gasteiger partial charge in [-0.3, -0.25) is 0 Å². The van der Waals surface area contributed by atoms with Gasteiger partial charge in [-0.1, -0.05) is 0 Å². The lowest BCUT2D eigenvalue weighted by atomic mass is 9.86. The fraction of sp³-hybridized carbons (Fsp3) is 0.625. The fourth-order valence-electron chi connectivity index (χ4n) is 3.67. The molecular weight excluding hydrogens is 254 g/mol. The third kappa shape index (κ3) is 2.33. The van der Waals surface area contributed by atoms with Crippen LogP contribution in [0.4, 0.5) is 0 Å². The summed E-state index contributed by atoms with van der Waals surface area (Å²) in [6, 6.07) is 5.57. The second-order valence-electron chi connectivity index (χ2n) is 5.76. The average Bonchev–Trinajstić information content (AvgIpc) is 2.83. The molecule has 2 fully saturated rings. The predicted molar refractivity (Wildman–Crippen MR) is 78.0 cm³/mol. The average molecular weight is 277 g/mol. The Balaban J connectivity index is 1.93. The lowest BCUT2D eigenvalue weighted by Gasteiger charge is -2.30. The van der Waals surface area contributed by atoms with Gasteiger partial charge in [0, 0.05) is 12.1 Å². The molecule has 0 aliphatic carbocycles. The maximum Gasteiger partial charge on any atom is 0.203 e. The van der Waals surface area contributed by atoms with Crippen molar-refractivity contribution in [3.8, 4) is 17.2 Å². The van der Waals surface area contributed by atoms with Crippen molar-refractivity contribution < 1.29 is 14.2 Å². The number of hydrogen-bond donors (Lipinski definition) is 1. The summed E-state index contributed by atoms with van der Waals surface area (Å²) in [5, 5.41) is 3.68. The number of nitrogens with one attached hydrogen (secondary N) is 1. The normalized spacial score (nSPS) is 28.2. The number of fused-ring (bicyclic) bond motifs is 2. The van der Waals surface area contributed by atoms with Crippen LogP contribution in [0.5, 0.6) is 17.2 Å². The van der Waals surface area contributed by atoms with Crippen LogP contribution in [-0.4, -0.2) is 33.4 Å². The van der Waals surface area contributed by atoms with Gasteiger partial charge in [-0.15, -0.1) is 0 Å². The molecule has 3 rings (SSSR count). The van der Waals surface area contributed by atoms with E-state index in [4.69, 9.17) is 14.2 Å². The predicted octanol–water partition coefficient (Wildman–Crippen LogP) is 2.71. The summed E-state index contributed by atoms with van der Waals surface area (Å²) in [7, 11) is 4.99. The van der Waals surface area contributed by atoms with Crippen LogP contribution in [0.15, 0.2) is 12.1 Å². The monoisotopic (exact) mass is 277 g/mol. The summed E-state index contributed by atoms with van der Waals surface area (Å²) >= 11 is 0. The van der Waals surface area contributed by atoms with Crippen molar-refractivity contribution in [1.82, 2.24) is 5.32 Å². The molecule has 0 spiro atoms. The molecule has 4 heteroatoms. The van der Waals surface area contributed by atoms with Crippen molar-refractivity contribution in [3.63, 3.8) is 0 Å². The Morgan fingerprint density at radius 1 is 0.900 bits per heavy atom. The van der Waals surface area contributed by atoms with E-state index in [1.807, 2.05) is 0 Å². The Kier molecular flexibility index (Phi) is 3.74. The summed E-state index contributed by atoms with van der Waals surface area (Å²) in [5.41, 5.74) is 1.30. The van der Waals surface area contributed by atoms with Crippen molar-refractivity contribution in [2.24, 2.45) is 0 Å². The van der Waals surface area contributed by atoms with Crippen LogP contribution in [0.25, 0.3) is 0 Å². The van der Waals surface area contributed by atoms with Gasteiger partial charge in [-0.25, -0.2) is 0 Å². The highest BCUT2D eigenvalue weighted by molar-refractivity contribution is 5.54. The molecule has 20 heavy (non-hydrogen) atoms. The molecular formula is C16H23NO3. The van der Waals surface area contributed by atoms with Crippen molar-refractivity contribution in [2.45, 2.75) is 43.7 Å². The summed E-state index contributed by atoms with van der Waals surface area (Å²) in [5.74, 6) is 2.78. The molecule has 1 aromatic rings. The zero-order valence-corrected chi connectivity index (χ0v) is 12.4. The molecule has 0 aromatic heterocycles. The van der Waals surface area contributed by atoms with Gasteiger partial charge in [-0.2, -0.15) is 0 Å². The molecule has 0 saturated carbocycles. The lowest BCUT2D eigenvalue weighted by Crippen LogP contribution is -2.37. The van der Waals surface area contributed by atoms with E-state index in [2.05, 4.69) is 17.4 Å². The van der Waals surface area contributed by atoms with Crippen molar-refractivity contribution >= 4 is 0 Å². The third-order valence-corrected chi connectivity index (χ3v) is 4.63. The SMILES string of the molecule is COc1cc(C2CC3CCC(C2)N3)cc(OC)c1OC. The van der Waals surface area contributed by atoms with Gasteiger partial charge in [0.2, 0.25) is 5.75 Å². The minimum atomic E-state index is 0.586. The topological polar surface area (TPSA) is 39.7 Å². The summed E-state index contributed by atoms with van der Waals surface area (Å²) in [4.78, 5) is 0. The standard InChI is InChI=1S/C16H23NO3/c1-18-14-8-11(9-15(19-2)16(14)20-3)10-6-12-4-5-13(7-10)17-12/h8-10,12-13,17H,4-7H2,1-3H3. The Bertz CT molecular complexity index is 452. The van der Waals surface area contributed by atoms with E-state index in [0.29, 0.717) is 23.8 Å². The van der Waals surface area contributed by atoms with Gasteiger partial charge >= 0.3 is 0 Å². The smallest absolute Gasteiger partial charge is 0.203 e. The Morgan fingerprint density at radius 2 is 1.45 bits per heavy atom. The Morgan fingerprint density at radius 3 is 1.90 bits per heavy atom. The zero-order valence-electron chi connectivity index (χ0n) is 12.4. The van der Waals surface area contributed by atoms with Crippen molar-refractivity contribution in [2.75, 3.05) is 21.3 Å². The Hall–Kier alpha value is -1.42. The summed E-state index contributed by atoms with van der Waals surface area (Å²) < 4.78 is 16.3. The molecule has 0 amide bonds. The first kappa shape index (κ1) is 13.6. The largest absolute Gasteiger partial charge is 0.493 e.